The number of carboxylic acid groups (broad SMARTS) is 1. The Morgan fingerprint density at radius 2 is 2.11 bits per heavy atom. The van der Waals surface area contributed by atoms with Gasteiger partial charge in [-0.1, -0.05) is 23.4 Å². The van der Waals surface area contributed by atoms with Crippen LogP contribution in [0.3, 0.4) is 0 Å². The van der Waals surface area contributed by atoms with Crippen molar-refractivity contribution in [2.24, 2.45) is 0 Å². The molecule has 1 aromatic carbocycles. The first-order chi connectivity index (χ1) is 12.9. The summed E-state index contributed by atoms with van der Waals surface area (Å²) in [7, 11) is 0. The summed E-state index contributed by atoms with van der Waals surface area (Å²) in [6.07, 6.45) is 1.50. The molecule has 27 heavy (non-hydrogen) atoms. The second-order valence-corrected chi connectivity index (χ2v) is 5.78. The molecule has 0 fully saturated rings. The Labute approximate surface area is 156 Å². The van der Waals surface area contributed by atoms with Gasteiger partial charge in [0.1, 0.15) is 18.1 Å². The third-order valence-electron chi connectivity index (χ3n) is 3.81. The molecular weight excluding hydrogens is 352 g/mol. The summed E-state index contributed by atoms with van der Waals surface area (Å²) in [5.41, 5.74) is 1.73. The topological polar surface area (TPSA) is 111 Å². The van der Waals surface area contributed by atoms with Gasteiger partial charge in [-0.15, -0.1) is 6.58 Å². The molecule has 8 nitrogen and oxygen atoms in total. The molecule has 0 saturated carbocycles. The normalized spacial score (nSPS) is 11.6. The summed E-state index contributed by atoms with van der Waals surface area (Å²) < 4.78 is 16.0. The molecule has 8 heteroatoms. The SMILES string of the molecule is C=CCOCC(NC(=O)c1ccccc1OCc1c(C)noc1C)C(=O)O. The van der Waals surface area contributed by atoms with Crippen LogP contribution in [0.4, 0.5) is 0 Å². The summed E-state index contributed by atoms with van der Waals surface area (Å²) in [6, 6.07) is 5.40. The van der Waals surface area contributed by atoms with Gasteiger partial charge in [0, 0.05) is 0 Å². The Balaban J connectivity index is 2.09. The third-order valence-corrected chi connectivity index (χ3v) is 3.81. The molecule has 0 aliphatic carbocycles. The highest BCUT2D eigenvalue weighted by molar-refractivity contribution is 5.98. The number of benzene rings is 1. The lowest BCUT2D eigenvalue weighted by Crippen LogP contribution is -2.44. The largest absolute Gasteiger partial charge is 0.488 e. The Kier molecular flexibility index (Phi) is 7.13. The van der Waals surface area contributed by atoms with Crippen molar-refractivity contribution in [2.45, 2.75) is 26.5 Å². The van der Waals surface area contributed by atoms with Gasteiger partial charge >= 0.3 is 5.97 Å². The van der Waals surface area contributed by atoms with E-state index in [2.05, 4.69) is 17.1 Å². The summed E-state index contributed by atoms with van der Waals surface area (Å²) >= 11 is 0. The van der Waals surface area contributed by atoms with Crippen LogP contribution in [-0.2, 0) is 16.1 Å². The number of carbonyl (C=O) groups excluding carboxylic acids is 1. The number of aromatic nitrogens is 1. The lowest BCUT2D eigenvalue weighted by Gasteiger charge is -2.16. The zero-order chi connectivity index (χ0) is 19.8. The van der Waals surface area contributed by atoms with Crippen LogP contribution in [0.1, 0.15) is 27.4 Å². The van der Waals surface area contributed by atoms with Crippen LogP contribution in [0.2, 0.25) is 0 Å². The maximum Gasteiger partial charge on any atom is 0.328 e. The standard InChI is InChI=1S/C19H22N2O6/c1-4-9-25-11-16(19(23)24)20-18(22)14-7-5-6-8-17(14)26-10-15-12(2)21-27-13(15)3/h4-8,16H,1,9-11H2,2-3H3,(H,20,22)(H,23,24). The highest BCUT2D eigenvalue weighted by atomic mass is 16.5. The Bertz CT molecular complexity index is 795. The van der Waals surface area contributed by atoms with E-state index in [9.17, 15) is 14.7 Å². The molecule has 0 radical (unpaired) electrons. The van der Waals surface area contributed by atoms with E-state index in [1.165, 1.54) is 6.08 Å². The number of nitrogens with zero attached hydrogens (tertiary/aromatic N) is 1. The molecule has 1 aromatic heterocycles. The molecule has 1 unspecified atom stereocenters. The molecule has 2 N–H and O–H groups in total. The summed E-state index contributed by atoms with van der Waals surface area (Å²) in [5.74, 6) is -0.800. The molecule has 0 aliphatic rings. The average Bonchev–Trinajstić information content (AvgIpc) is 2.97. The average molecular weight is 374 g/mol. The smallest absolute Gasteiger partial charge is 0.328 e. The van der Waals surface area contributed by atoms with Crippen LogP contribution in [0.25, 0.3) is 0 Å². The zero-order valence-electron chi connectivity index (χ0n) is 15.2. The van der Waals surface area contributed by atoms with Crippen LogP contribution in [0.15, 0.2) is 41.4 Å². The number of ether oxygens (including phenoxy) is 2. The van der Waals surface area contributed by atoms with Crippen molar-refractivity contribution in [1.82, 2.24) is 10.5 Å². The number of rotatable bonds is 10. The monoisotopic (exact) mass is 374 g/mol. The first-order valence-corrected chi connectivity index (χ1v) is 8.30. The first-order valence-electron chi connectivity index (χ1n) is 8.30. The zero-order valence-corrected chi connectivity index (χ0v) is 15.2. The van der Waals surface area contributed by atoms with Gasteiger partial charge in [-0.05, 0) is 26.0 Å². The number of aliphatic carboxylic acids is 1. The lowest BCUT2D eigenvalue weighted by atomic mass is 10.1. The summed E-state index contributed by atoms with van der Waals surface area (Å²) in [5, 5.41) is 15.6. The fourth-order valence-corrected chi connectivity index (χ4v) is 2.32. The number of carboxylic acids is 1. The molecule has 0 bridgehead atoms. The quantitative estimate of drug-likeness (QED) is 0.485. The molecule has 2 aromatic rings. The van der Waals surface area contributed by atoms with E-state index in [-0.39, 0.29) is 25.4 Å². The molecule has 144 valence electrons. The maximum absolute atomic E-state index is 12.5. The van der Waals surface area contributed by atoms with Crippen molar-refractivity contribution in [1.29, 1.82) is 0 Å². The van der Waals surface area contributed by atoms with Crippen molar-refractivity contribution in [3.05, 3.63) is 59.5 Å². The minimum atomic E-state index is -1.19. The van der Waals surface area contributed by atoms with Gasteiger partial charge < -0.3 is 24.4 Å². The lowest BCUT2D eigenvalue weighted by molar-refractivity contribution is -0.140. The third kappa shape index (κ3) is 5.42. The highest BCUT2D eigenvalue weighted by Crippen LogP contribution is 2.21. The van der Waals surface area contributed by atoms with Gasteiger partial charge in [0.15, 0.2) is 6.04 Å². The van der Waals surface area contributed by atoms with E-state index >= 15 is 0 Å². The molecule has 0 saturated heterocycles. The number of amides is 1. The molecule has 0 spiro atoms. The fourth-order valence-electron chi connectivity index (χ4n) is 2.32. The van der Waals surface area contributed by atoms with E-state index in [0.717, 1.165) is 5.56 Å². The van der Waals surface area contributed by atoms with Gasteiger partial charge in [-0.2, -0.15) is 0 Å². The molecule has 1 heterocycles. The number of para-hydroxylation sites is 1. The highest BCUT2D eigenvalue weighted by Gasteiger charge is 2.23. The van der Waals surface area contributed by atoms with Crippen molar-refractivity contribution in [3.63, 3.8) is 0 Å². The second-order valence-electron chi connectivity index (χ2n) is 5.78. The Morgan fingerprint density at radius 3 is 2.74 bits per heavy atom. The van der Waals surface area contributed by atoms with Crippen LogP contribution >= 0.6 is 0 Å². The van der Waals surface area contributed by atoms with Crippen LogP contribution in [0.5, 0.6) is 5.75 Å². The van der Waals surface area contributed by atoms with E-state index < -0.39 is 17.9 Å². The second kappa shape index (κ2) is 9.54. The van der Waals surface area contributed by atoms with Crippen LogP contribution in [0, 0.1) is 13.8 Å². The minimum Gasteiger partial charge on any atom is -0.488 e. The van der Waals surface area contributed by atoms with Crippen molar-refractivity contribution >= 4 is 11.9 Å². The number of nitrogens with one attached hydrogen (secondary N) is 1. The molecule has 2 rings (SSSR count). The predicted octanol–water partition coefficient (Wildman–Crippen LogP) is 2.26. The van der Waals surface area contributed by atoms with E-state index in [0.29, 0.717) is 17.2 Å². The van der Waals surface area contributed by atoms with E-state index in [1.807, 2.05) is 0 Å². The number of hydrogen-bond donors (Lipinski definition) is 2. The number of hydrogen-bond acceptors (Lipinski definition) is 6. The summed E-state index contributed by atoms with van der Waals surface area (Å²) in [6.45, 7) is 7.26. The minimum absolute atomic E-state index is 0.171. The van der Waals surface area contributed by atoms with Gasteiger partial charge in [-0.25, -0.2) is 4.79 Å². The molecule has 0 aliphatic heterocycles. The molecule has 1 atom stereocenters. The van der Waals surface area contributed by atoms with Crippen molar-refractivity contribution in [3.8, 4) is 5.75 Å². The number of aryl methyl sites for hydroxylation is 2. The Morgan fingerprint density at radius 1 is 1.37 bits per heavy atom. The summed E-state index contributed by atoms with van der Waals surface area (Å²) in [4.78, 5) is 23.9. The number of carbonyl (C=O) groups is 2. The maximum atomic E-state index is 12.5. The molecule has 1 amide bonds. The van der Waals surface area contributed by atoms with Gasteiger partial charge in [0.2, 0.25) is 0 Å². The van der Waals surface area contributed by atoms with Crippen LogP contribution in [-0.4, -0.2) is 41.4 Å². The van der Waals surface area contributed by atoms with E-state index in [1.54, 1.807) is 38.1 Å². The van der Waals surface area contributed by atoms with Gasteiger partial charge in [0.25, 0.3) is 5.91 Å². The van der Waals surface area contributed by atoms with Crippen molar-refractivity contribution in [2.75, 3.05) is 13.2 Å². The fraction of sp³-hybridized carbons (Fsp3) is 0.316. The van der Waals surface area contributed by atoms with Crippen molar-refractivity contribution < 1.29 is 28.7 Å². The molecular formula is C19H22N2O6. The first kappa shape index (κ1) is 20.2. The van der Waals surface area contributed by atoms with Gasteiger partial charge in [-0.3, -0.25) is 4.79 Å². The van der Waals surface area contributed by atoms with Crippen LogP contribution < -0.4 is 10.1 Å². The van der Waals surface area contributed by atoms with Gasteiger partial charge in [0.05, 0.1) is 30.0 Å². The van der Waals surface area contributed by atoms with E-state index in [4.69, 9.17) is 14.0 Å². The Hall–Kier alpha value is -3.13. The predicted molar refractivity (Wildman–Crippen MR) is 96.7 cm³/mol.